The molecule has 0 fully saturated rings. The number of benzene rings is 2. The third-order valence-corrected chi connectivity index (χ3v) is 5.34. The van der Waals surface area contributed by atoms with Gasteiger partial charge in [0.2, 0.25) is 5.82 Å². The Hall–Kier alpha value is -4.23. The molecule has 0 spiro atoms. The van der Waals surface area contributed by atoms with Crippen LogP contribution in [0.1, 0.15) is 47.5 Å². The summed E-state index contributed by atoms with van der Waals surface area (Å²) in [4.78, 5) is 30.9. The highest BCUT2D eigenvalue weighted by Crippen LogP contribution is 2.34. The van der Waals surface area contributed by atoms with Crippen molar-refractivity contribution in [3.05, 3.63) is 71.1 Å². The lowest BCUT2D eigenvalue weighted by atomic mass is 10.1. The highest BCUT2D eigenvalue weighted by molar-refractivity contribution is 5.98. The lowest BCUT2D eigenvalue weighted by Crippen LogP contribution is -2.36. The molecular weight excluding hydrogens is 453 g/mol. The zero-order chi connectivity index (χ0) is 25.3. The summed E-state index contributed by atoms with van der Waals surface area (Å²) in [5.41, 5.74) is 6.03. The summed E-state index contributed by atoms with van der Waals surface area (Å²) < 4.78 is 20.6. The molecule has 10 heteroatoms. The van der Waals surface area contributed by atoms with Gasteiger partial charge in [-0.25, -0.2) is 14.1 Å². The fourth-order valence-electron chi connectivity index (χ4n) is 3.58. The number of fused-ring (bicyclic) bond motifs is 1. The molecule has 1 atom stereocenters. The van der Waals surface area contributed by atoms with Crippen molar-refractivity contribution in [3.8, 4) is 17.6 Å². The maximum Gasteiger partial charge on any atom is 0.288 e. The molecule has 0 unspecified atom stereocenters. The molecule has 2 aromatic carbocycles. The van der Waals surface area contributed by atoms with Gasteiger partial charge in [0.05, 0.1) is 5.69 Å². The number of hydrogen-bond acceptors (Lipinski definition) is 6. The summed E-state index contributed by atoms with van der Waals surface area (Å²) in [5.74, 6) is 4.60. The number of hydrogen-bond donors (Lipinski definition) is 2. The number of carbonyl (C=O) groups is 2. The largest absolute Gasteiger partial charge is 0.489 e. The molecule has 9 nitrogen and oxygen atoms in total. The summed E-state index contributed by atoms with van der Waals surface area (Å²) in [6.07, 6.45) is 0.192. The van der Waals surface area contributed by atoms with E-state index in [1.807, 2.05) is 0 Å². The number of halogens is 1. The van der Waals surface area contributed by atoms with E-state index in [1.165, 1.54) is 21.7 Å². The summed E-state index contributed by atoms with van der Waals surface area (Å²) in [7, 11) is 1.60. The van der Waals surface area contributed by atoms with Crippen LogP contribution < -0.4 is 15.4 Å². The normalized spacial score (nSPS) is 15.5. The average molecular weight is 477 g/mol. The summed E-state index contributed by atoms with van der Waals surface area (Å²) in [6.45, 7) is 3.09. The van der Waals surface area contributed by atoms with Crippen molar-refractivity contribution in [3.63, 3.8) is 0 Å². The van der Waals surface area contributed by atoms with Crippen molar-refractivity contribution in [2.24, 2.45) is 5.73 Å². The van der Waals surface area contributed by atoms with Crippen LogP contribution in [0.5, 0.6) is 5.75 Å². The number of nitrogens with zero attached hydrogens (tertiary/aromatic N) is 4. The number of nitrogens with two attached hydrogens (primary N) is 1. The van der Waals surface area contributed by atoms with Gasteiger partial charge in [-0.2, -0.15) is 0 Å². The monoisotopic (exact) mass is 477 g/mol. The van der Waals surface area contributed by atoms with Crippen LogP contribution in [0.2, 0.25) is 0 Å². The summed E-state index contributed by atoms with van der Waals surface area (Å²) in [5, 5.41) is 14.1. The number of aromatic nitrogens is 3. The van der Waals surface area contributed by atoms with E-state index in [0.717, 1.165) is 0 Å². The number of likely N-dealkylation sites (N-methyl/N-ethyl adjacent to an activating group) is 1. The van der Waals surface area contributed by atoms with Crippen molar-refractivity contribution in [2.45, 2.75) is 31.9 Å². The van der Waals surface area contributed by atoms with E-state index in [-0.39, 0.29) is 30.6 Å². The third-order valence-electron chi connectivity index (χ3n) is 5.34. The average Bonchev–Trinajstić information content (AvgIpc) is 3.17. The molecule has 0 radical (unpaired) electrons. The van der Waals surface area contributed by atoms with Crippen LogP contribution in [0.3, 0.4) is 0 Å². The quantitative estimate of drug-likeness (QED) is 0.553. The Morgan fingerprint density at radius 3 is 2.66 bits per heavy atom. The number of aliphatic hydroxyl groups is 1. The number of primary amides is 1. The Kier molecular flexibility index (Phi) is 6.28. The number of rotatable bonds is 4. The second-order valence-corrected chi connectivity index (χ2v) is 8.68. The maximum atomic E-state index is 13.5. The molecule has 35 heavy (non-hydrogen) atoms. The first-order chi connectivity index (χ1) is 16.5. The predicted molar refractivity (Wildman–Crippen MR) is 125 cm³/mol. The number of anilines is 1. The van der Waals surface area contributed by atoms with E-state index in [4.69, 9.17) is 10.5 Å². The number of ether oxygens (including phenoxy) is 1. The van der Waals surface area contributed by atoms with Gasteiger partial charge in [0.25, 0.3) is 11.8 Å². The molecule has 2 heterocycles. The lowest BCUT2D eigenvalue weighted by molar-refractivity contribution is -0.122. The Bertz CT molecular complexity index is 1350. The van der Waals surface area contributed by atoms with Crippen molar-refractivity contribution in [2.75, 3.05) is 18.6 Å². The minimum Gasteiger partial charge on any atom is -0.489 e. The lowest BCUT2D eigenvalue weighted by Gasteiger charge is -2.21. The number of carbonyl (C=O) groups excluding carboxylic acids is 2. The first kappa shape index (κ1) is 23.9. The molecule has 1 aromatic heterocycles. The van der Waals surface area contributed by atoms with Crippen LogP contribution in [0, 0.1) is 17.7 Å². The van der Waals surface area contributed by atoms with Crippen LogP contribution in [-0.4, -0.2) is 50.9 Å². The van der Waals surface area contributed by atoms with Gasteiger partial charge < -0.3 is 20.5 Å². The molecule has 0 saturated heterocycles. The first-order valence-electron chi connectivity index (χ1n) is 10.8. The van der Waals surface area contributed by atoms with Crippen molar-refractivity contribution in [1.29, 1.82) is 0 Å². The Labute approximate surface area is 201 Å². The van der Waals surface area contributed by atoms with E-state index < -0.39 is 17.6 Å². The van der Waals surface area contributed by atoms with Crippen LogP contribution in [0.15, 0.2) is 42.5 Å². The Morgan fingerprint density at radius 2 is 2.00 bits per heavy atom. The van der Waals surface area contributed by atoms with E-state index in [2.05, 4.69) is 21.9 Å². The predicted octanol–water partition coefficient (Wildman–Crippen LogP) is 1.83. The number of amides is 2. The first-order valence-corrected chi connectivity index (χ1v) is 10.8. The second-order valence-electron chi connectivity index (χ2n) is 8.68. The standard InChI is InChI=1S/C25H24FN5O4/c1-25(2,34)11-10-16-6-9-20-18(12-16)30(3)24(33)19(14-35-20)31-21(28-23(29-31)22(27)32)13-15-4-7-17(26)8-5-15/h4-9,12,19,34H,13-14H2,1-3H3,(H2,27,32)/t19-/m0/s1. The molecule has 4 rings (SSSR count). The zero-order valence-electron chi connectivity index (χ0n) is 19.4. The van der Waals surface area contributed by atoms with Gasteiger partial charge in [-0.15, -0.1) is 5.10 Å². The molecular formula is C25H24FN5O4. The molecule has 3 aromatic rings. The van der Waals surface area contributed by atoms with Crippen molar-refractivity contribution in [1.82, 2.24) is 14.8 Å². The van der Waals surface area contributed by atoms with Gasteiger partial charge in [0, 0.05) is 19.0 Å². The fraction of sp³-hybridized carbons (Fsp3) is 0.280. The van der Waals surface area contributed by atoms with Gasteiger partial charge in [-0.3, -0.25) is 9.59 Å². The Balaban J connectivity index is 1.69. The minimum absolute atomic E-state index is 0.0666. The zero-order valence-corrected chi connectivity index (χ0v) is 19.4. The SMILES string of the molecule is CN1C(=O)[C@@H](n2nc(C(N)=O)nc2Cc2ccc(F)cc2)COc2ccc(C#CC(C)(C)O)cc21. The molecule has 0 bridgehead atoms. The molecule has 2 amide bonds. The van der Waals surface area contributed by atoms with Crippen molar-refractivity contribution >= 4 is 17.5 Å². The Morgan fingerprint density at radius 1 is 1.29 bits per heavy atom. The summed E-state index contributed by atoms with van der Waals surface area (Å²) in [6, 6.07) is 9.99. The van der Waals surface area contributed by atoms with Crippen LogP contribution >= 0.6 is 0 Å². The molecule has 3 N–H and O–H groups in total. The van der Waals surface area contributed by atoms with Crippen LogP contribution in [0.4, 0.5) is 10.1 Å². The van der Waals surface area contributed by atoms with Crippen LogP contribution in [-0.2, 0) is 11.2 Å². The van der Waals surface area contributed by atoms with Gasteiger partial charge in [-0.1, -0.05) is 24.0 Å². The highest BCUT2D eigenvalue weighted by Gasteiger charge is 2.34. The minimum atomic E-state index is -1.16. The topological polar surface area (TPSA) is 124 Å². The van der Waals surface area contributed by atoms with E-state index in [0.29, 0.717) is 28.4 Å². The molecule has 180 valence electrons. The van der Waals surface area contributed by atoms with Gasteiger partial charge in [-0.05, 0) is 49.7 Å². The van der Waals surface area contributed by atoms with E-state index >= 15 is 0 Å². The van der Waals surface area contributed by atoms with Gasteiger partial charge in [0.1, 0.15) is 29.6 Å². The molecule has 0 saturated carbocycles. The smallest absolute Gasteiger partial charge is 0.288 e. The van der Waals surface area contributed by atoms with E-state index in [9.17, 15) is 19.1 Å². The second kappa shape index (κ2) is 9.19. The van der Waals surface area contributed by atoms with Gasteiger partial charge in [0.15, 0.2) is 6.04 Å². The fourth-order valence-corrected chi connectivity index (χ4v) is 3.58. The van der Waals surface area contributed by atoms with E-state index in [1.54, 1.807) is 51.2 Å². The summed E-state index contributed by atoms with van der Waals surface area (Å²) >= 11 is 0. The van der Waals surface area contributed by atoms with Gasteiger partial charge >= 0.3 is 0 Å². The van der Waals surface area contributed by atoms with Crippen molar-refractivity contribution < 1.29 is 23.8 Å². The van der Waals surface area contributed by atoms with Crippen LogP contribution in [0.25, 0.3) is 0 Å². The molecule has 1 aliphatic rings. The highest BCUT2D eigenvalue weighted by atomic mass is 19.1. The molecule has 1 aliphatic heterocycles. The third kappa shape index (κ3) is 5.31. The molecule has 0 aliphatic carbocycles. The maximum absolute atomic E-state index is 13.5.